The zero-order chi connectivity index (χ0) is 24.1. The molecule has 1 N–H and O–H groups in total. The van der Waals surface area contributed by atoms with Crippen LogP contribution in [0.2, 0.25) is 0 Å². The molecule has 0 spiro atoms. The van der Waals surface area contributed by atoms with Gasteiger partial charge < -0.3 is 15.0 Å². The Morgan fingerprint density at radius 2 is 1.59 bits per heavy atom. The third-order valence-electron chi connectivity index (χ3n) is 6.19. The van der Waals surface area contributed by atoms with Gasteiger partial charge in [0.1, 0.15) is 5.75 Å². The van der Waals surface area contributed by atoms with Gasteiger partial charge in [0.05, 0.1) is 16.3 Å². The van der Waals surface area contributed by atoms with E-state index in [9.17, 15) is 22.0 Å². The van der Waals surface area contributed by atoms with Gasteiger partial charge in [0.2, 0.25) is 10.0 Å². The molecule has 2 aliphatic rings. The molecule has 0 radical (unpaired) electrons. The van der Waals surface area contributed by atoms with E-state index in [-0.39, 0.29) is 16.2 Å². The molecule has 0 aromatic heterocycles. The Morgan fingerprint density at radius 1 is 0.912 bits per heavy atom. The first kappa shape index (κ1) is 24.4. The summed E-state index contributed by atoms with van der Waals surface area (Å²) in [5, 5.41) is 2.81. The van der Waals surface area contributed by atoms with Gasteiger partial charge in [-0.05, 0) is 68.5 Å². The topological polar surface area (TPSA) is 79.0 Å². The van der Waals surface area contributed by atoms with Crippen molar-refractivity contribution in [3.05, 3.63) is 48.0 Å². The highest BCUT2D eigenvalue weighted by Crippen LogP contribution is 2.33. The van der Waals surface area contributed by atoms with Crippen LogP contribution in [0.15, 0.2) is 47.4 Å². The Labute approximate surface area is 198 Å². The third-order valence-corrected chi connectivity index (χ3v) is 8.08. The van der Waals surface area contributed by atoms with Crippen molar-refractivity contribution in [1.82, 2.24) is 4.31 Å². The second-order valence-electron chi connectivity index (χ2n) is 8.55. The number of piperidine rings is 2. The van der Waals surface area contributed by atoms with Gasteiger partial charge in [-0.2, -0.15) is 13.1 Å². The standard InChI is InChI=1S/C24H29F2N3O4S/c25-24(26)33-19-9-7-8-18(16-19)23(30)27-21-17-20(34(31,32)29-14-5-2-6-15-29)10-11-22(21)28-12-3-1-4-13-28/h7-11,16-17,24H,1-6,12-15H2,(H,27,30). The molecule has 4 rings (SSSR count). The van der Waals surface area contributed by atoms with E-state index in [1.807, 2.05) is 0 Å². The van der Waals surface area contributed by atoms with Gasteiger partial charge in [0, 0.05) is 31.7 Å². The Bertz CT molecular complexity index is 1110. The predicted octanol–water partition coefficient (Wildman–Crippen LogP) is 4.71. The normalized spacial score (nSPS) is 17.6. The molecule has 2 aromatic rings. The first-order valence-electron chi connectivity index (χ1n) is 11.6. The number of halogens is 2. The Morgan fingerprint density at radius 3 is 2.26 bits per heavy atom. The molecule has 7 nitrogen and oxygen atoms in total. The van der Waals surface area contributed by atoms with E-state index in [4.69, 9.17) is 0 Å². The molecule has 184 valence electrons. The minimum Gasteiger partial charge on any atom is -0.435 e. The van der Waals surface area contributed by atoms with E-state index in [2.05, 4.69) is 15.0 Å². The Hall–Kier alpha value is -2.72. The molecule has 34 heavy (non-hydrogen) atoms. The number of carbonyl (C=O) groups excluding carboxylic acids is 1. The summed E-state index contributed by atoms with van der Waals surface area (Å²) < 4.78 is 57.5. The molecule has 0 atom stereocenters. The summed E-state index contributed by atoms with van der Waals surface area (Å²) >= 11 is 0. The molecule has 2 aliphatic heterocycles. The van der Waals surface area contributed by atoms with Crippen molar-refractivity contribution in [1.29, 1.82) is 0 Å². The van der Waals surface area contributed by atoms with Gasteiger partial charge in [0.25, 0.3) is 5.91 Å². The molecule has 2 saturated heterocycles. The van der Waals surface area contributed by atoms with Crippen molar-refractivity contribution in [2.45, 2.75) is 50.0 Å². The number of benzene rings is 2. The number of alkyl halides is 2. The number of sulfonamides is 1. The molecule has 1 amide bonds. The average molecular weight is 494 g/mol. The van der Waals surface area contributed by atoms with E-state index < -0.39 is 22.5 Å². The predicted molar refractivity (Wildman–Crippen MR) is 126 cm³/mol. The lowest BCUT2D eigenvalue weighted by atomic mass is 10.1. The molecular weight excluding hydrogens is 464 g/mol. The van der Waals surface area contributed by atoms with Crippen LogP contribution in [0.5, 0.6) is 5.75 Å². The SMILES string of the molecule is O=C(Nc1cc(S(=O)(=O)N2CCCCC2)ccc1N1CCCCC1)c1cccc(OC(F)F)c1. The lowest BCUT2D eigenvalue weighted by molar-refractivity contribution is -0.0498. The van der Waals surface area contributed by atoms with Crippen molar-refractivity contribution in [3.63, 3.8) is 0 Å². The van der Waals surface area contributed by atoms with E-state index in [1.165, 1.54) is 34.6 Å². The number of nitrogens with one attached hydrogen (secondary N) is 1. The maximum Gasteiger partial charge on any atom is 0.387 e. The van der Waals surface area contributed by atoms with Crippen LogP contribution in [0, 0.1) is 0 Å². The monoisotopic (exact) mass is 493 g/mol. The minimum absolute atomic E-state index is 0.125. The fourth-order valence-electron chi connectivity index (χ4n) is 4.45. The van der Waals surface area contributed by atoms with E-state index >= 15 is 0 Å². The van der Waals surface area contributed by atoms with Crippen LogP contribution >= 0.6 is 0 Å². The third kappa shape index (κ3) is 5.67. The molecule has 2 fully saturated rings. The average Bonchev–Trinajstić information content (AvgIpc) is 2.85. The second-order valence-corrected chi connectivity index (χ2v) is 10.5. The van der Waals surface area contributed by atoms with Crippen LogP contribution < -0.4 is 15.0 Å². The fourth-order valence-corrected chi connectivity index (χ4v) is 5.99. The van der Waals surface area contributed by atoms with Gasteiger partial charge in [-0.15, -0.1) is 0 Å². The maximum atomic E-state index is 13.2. The van der Waals surface area contributed by atoms with Crippen LogP contribution in [-0.2, 0) is 10.0 Å². The highest BCUT2D eigenvalue weighted by molar-refractivity contribution is 7.89. The number of anilines is 2. The van der Waals surface area contributed by atoms with Crippen molar-refractivity contribution in [3.8, 4) is 5.75 Å². The van der Waals surface area contributed by atoms with Crippen LogP contribution in [0.1, 0.15) is 48.9 Å². The highest BCUT2D eigenvalue weighted by Gasteiger charge is 2.28. The van der Waals surface area contributed by atoms with Gasteiger partial charge in [-0.25, -0.2) is 8.42 Å². The van der Waals surface area contributed by atoms with E-state index in [0.717, 1.165) is 57.3 Å². The summed E-state index contributed by atoms with van der Waals surface area (Å²) in [5.74, 6) is -0.661. The van der Waals surface area contributed by atoms with Gasteiger partial charge in [-0.1, -0.05) is 12.5 Å². The van der Waals surface area contributed by atoms with Crippen molar-refractivity contribution in [2.75, 3.05) is 36.4 Å². The van der Waals surface area contributed by atoms with Crippen LogP contribution in [-0.4, -0.2) is 51.4 Å². The van der Waals surface area contributed by atoms with Crippen molar-refractivity contribution in [2.24, 2.45) is 0 Å². The molecule has 0 aliphatic carbocycles. The lowest BCUT2D eigenvalue weighted by Crippen LogP contribution is -2.35. The first-order chi connectivity index (χ1) is 16.3. The Balaban J connectivity index is 1.65. The first-order valence-corrected chi connectivity index (χ1v) is 13.0. The van der Waals surface area contributed by atoms with Crippen molar-refractivity contribution >= 4 is 27.3 Å². The lowest BCUT2D eigenvalue weighted by Gasteiger charge is -2.31. The quantitative estimate of drug-likeness (QED) is 0.605. The number of nitrogens with zero attached hydrogens (tertiary/aromatic N) is 2. The summed E-state index contributed by atoms with van der Waals surface area (Å²) in [6, 6.07) is 10.4. The number of amides is 1. The molecule has 2 aromatic carbocycles. The van der Waals surface area contributed by atoms with Crippen LogP contribution in [0.25, 0.3) is 0 Å². The smallest absolute Gasteiger partial charge is 0.387 e. The molecule has 2 heterocycles. The van der Waals surface area contributed by atoms with Crippen LogP contribution in [0.3, 0.4) is 0 Å². The number of hydrogen-bond acceptors (Lipinski definition) is 5. The highest BCUT2D eigenvalue weighted by atomic mass is 32.2. The number of rotatable bonds is 7. The molecular formula is C24H29F2N3O4S. The zero-order valence-corrected chi connectivity index (χ0v) is 19.7. The Kier molecular flexibility index (Phi) is 7.67. The summed E-state index contributed by atoms with van der Waals surface area (Å²) in [4.78, 5) is 15.3. The van der Waals surface area contributed by atoms with Crippen molar-refractivity contribution < 1.29 is 26.7 Å². The fraction of sp³-hybridized carbons (Fsp3) is 0.458. The largest absolute Gasteiger partial charge is 0.435 e. The summed E-state index contributed by atoms with van der Waals surface area (Å²) in [6.07, 6.45) is 5.80. The van der Waals surface area contributed by atoms with Gasteiger partial charge in [-0.3, -0.25) is 4.79 Å². The van der Waals surface area contributed by atoms with E-state index in [0.29, 0.717) is 18.8 Å². The molecule has 10 heteroatoms. The van der Waals surface area contributed by atoms with E-state index in [1.54, 1.807) is 12.1 Å². The second kappa shape index (κ2) is 10.7. The maximum absolute atomic E-state index is 13.2. The summed E-state index contributed by atoms with van der Waals surface area (Å²) in [6.45, 7) is -0.429. The molecule has 0 bridgehead atoms. The zero-order valence-electron chi connectivity index (χ0n) is 18.9. The number of hydrogen-bond donors (Lipinski definition) is 1. The van der Waals surface area contributed by atoms with Gasteiger partial charge >= 0.3 is 6.61 Å². The molecule has 0 unspecified atom stereocenters. The van der Waals surface area contributed by atoms with Crippen LogP contribution in [0.4, 0.5) is 20.2 Å². The summed E-state index contributed by atoms with van der Waals surface area (Å²) in [7, 11) is -3.69. The molecule has 0 saturated carbocycles. The summed E-state index contributed by atoms with van der Waals surface area (Å²) in [5.41, 5.74) is 1.25. The minimum atomic E-state index is -3.69. The van der Waals surface area contributed by atoms with Gasteiger partial charge in [0.15, 0.2) is 0 Å². The number of ether oxygens (including phenoxy) is 1. The number of carbonyl (C=O) groups is 1.